The molecule has 2 aliphatic carbocycles. The topological polar surface area (TPSA) is 139 Å². The van der Waals surface area contributed by atoms with Gasteiger partial charge in [0.2, 0.25) is 10.0 Å². The van der Waals surface area contributed by atoms with Crippen LogP contribution in [0.15, 0.2) is 48.6 Å². The van der Waals surface area contributed by atoms with E-state index < -0.39 is 27.3 Å². The number of allylic oxidation sites excluding steroid dienone is 1. The summed E-state index contributed by atoms with van der Waals surface area (Å²) in [5.41, 5.74) is 3.17. The number of benzene rings is 2. The molecule has 2 aliphatic heterocycles. The van der Waals surface area contributed by atoms with Gasteiger partial charge in [0.15, 0.2) is 0 Å². The molecule has 1 spiro atoms. The zero-order chi connectivity index (χ0) is 31.1. The van der Waals surface area contributed by atoms with Crippen LogP contribution in [0.3, 0.4) is 0 Å². The highest BCUT2D eigenvalue weighted by atomic mass is 35.5. The molecular formula is C33H41ClN2O7S. The van der Waals surface area contributed by atoms with Crippen LogP contribution in [0.2, 0.25) is 5.02 Å². The maximum absolute atomic E-state index is 12.1. The molecule has 4 N–H and O–H groups in total. The first-order chi connectivity index (χ1) is 21.0. The number of primary sulfonamides is 1. The normalized spacial score (nSPS) is 29.3. The lowest BCUT2D eigenvalue weighted by atomic mass is 9.68. The fourth-order valence-electron chi connectivity index (χ4n) is 7.77. The van der Waals surface area contributed by atoms with E-state index in [0.29, 0.717) is 51.5 Å². The number of carboxylic acids is 1. The lowest BCUT2D eigenvalue weighted by Crippen LogP contribution is -2.49. The SMILES string of the molecule is NS(=O)(=O)[C@@H]1CCOC[C@H]1C/C=C/[C@H](O)[C@@H]1CC[C@H]1CN1C[C@@]2(CCCc3cc(Cl)ccc32)COc2ccc(C(=O)O)cc21. The summed E-state index contributed by atoms with van der Waals surface area (Å²) in [5.74, 6) is -0.329. The van der Waals surface area contributed by atoms with Gasteiger partial charge >= 0.3 is 5.97 Å². The van der Waals surface area contributed by atoms with Crippen molar-refractivity contribution in [3.63, 3.8) is 0 Å². The average molecular weight is 645 g/mol. The second-order valence-electron chi connectivity index (χ2n) is 13.0. The molecule has 0 radical (unpaired) electrons. The molecule has 1 saturated carbocycles. The van der Waals surface area contributed by atoms with Crippen molar-refractivity contribution >= 4 is 33.3 Å². The number of anilines is 1. The van der Waals surface area contributed by atoms with Gasteiger partial charge in [0.1, 0.15) is 5.75 Å². The molecule has 2 aromatic rings. The number of hydrogen-bond donors (Lipinski definition) is 3. The maximum atomic E-state index is 12.1. The number of aromatic carboxylic acids is 1. The largest absolute Gasteiger partial charge is 0.490 e. The average Bonchev–Trinajstić information content (AvgIpc) is 3.12. The second kappa shape index (κ2) is 12.6. The summed E-state index contributed by atoms with van der Waals surface area (Å²) in [5, 5.41) is 26.5. The van der Waals surface area contributed by atoms with Gasteiger partial charge in [0.05, 0.1) is 35.8 Å². The van der Waals surface area contributed by atoms with Gasteiger partial charge in [0, 0.05) is 36.1 Å². The first kappa shape index (κ1) is 31.4. The predicted molar refractivity (Wildman–Crippen MR) is 169 cm³/mol. The number of fused-ring (bicyclic) bond motifs is 3. The van der Waals surface area contributed by atoms with Gasteiger partial charge in [-0.1, -0.05) is 29.8 Å². The van der Waals surface area contributed by atoms with Crippen LogP contribution in [-0.2, 0) is 26.6 Å². The lowest BCUT2D eigenvalue weighted by molar-refractivity contribution is 0.0446. The van der Waals surface area contributed by atoms with Crippen LogP contribution >= 0.6 is 11.6 Å². The Kier molecular flexibility index (Phi) is 9.01. The van der Waals surface area contributed by atoms with E-state index in [2.05, 4.69) is 17.0 Å². The quantitative estimate of drug-likeness (QED) is 0.356. The number of carbonyl (C=O) groups is 1. The molecule has 9 nitrogen and oxygen atoms in total. The van der Waals surface area contributed by atoms with Crippen molar-refractivity contribution in [1.82, 2.24) is 0 Å². The highest BCUT2D eigenvalue weighted by Crippen LogP contribution is 2.46. The molecule has 2 fully saturated rings. The predicted octanol–water partition coefficient (Wildman–Crippen LogP) is 4.54. The summed E-state index contributed by atoms with van der Waals surface area (Å²) < 4.78 is 36.1. The zero-order valence-electron chi connectivity index (χ0n) is 24.7. The summed E-state index contributed by atoms with van der Waals surface area (Å²) in [4.78, 5) is 14.2. The summed E-state index contributed by atoms with van der Waals surface area (Å²) in [6, 6.07) is 11.2. The van der Waals surface area contributed by atoms with Gasteiger partial charge in [-0.15, -0.1) is 0 Å². The summed E-state index contributed by atoms with van der Waals surface area (Å²) >= 11 is 6.37. The number of carboxylic acid groups (broad SMARTS) is 1. The molecule has 0 unspecified atom stereocenters. The van der Waals surface area contributed by atoms with E-state index >= 15 is 0 Å². The number of aliphatic hydroxyl groups is 1. The number of rotatable bonds is 8. The van der Waals surface area contributed by atoms with Gasteiger partial charge in [-0.2, -0.15) is 0 Å². The third kappa shape index (κ3) is 6.37. The highest BCUT2D eigenvalue weighted by Gasteiger charge is 2.44. The minimum atomic E-state index is -3.66. The second-order valence-corrected chi connectivity index (χ2v) is 15.2. The molecule has 2 heterocycles. The number of hydrogen-bond acceptors (Lipinski definition) is 7. The van der Waals surface area contributed by atoms with E-state index in [-0.39, 0.29) is 28.7 Å². The minimum absolute atomic E-state index is 0.0339. The van der Waals surface area contributed by atoms with Crippen molar-refractivity contribution in [3.05, 3.63) is 70.3 Å². The fourth-order valence-corrected chi connectivity index (χ4v) is 9.11. The molecule has 1 saturated heterocycles. The molecule has 11 heteroatoms. The molecule has 4 aliphatic rings. The third-order valence-corrected chi connectivity index (χ3v) is 12.0. The van der Waals surface area contributed by atoms with E-state index in [1.807, 2.05) is 12.1 Å². The van der Waals surface area contributed by atoms with Crippen LogP contribution in [-0.4, -0.2) is 68.9 Å². The molecule has 44 heavy (non-hydrogen) atoms. The van der Waals surface area contributed by atoms with Crippen molar-refractivity contribution in [3.8, 4) is 5.75 Å². The van der Waals surface area contributed by atoms with E-state index in [9.17, 15) is 23.4 Å². The van der Waals surface area contributed by atoms with Crippen molar-refractivity contribution < 1.29 is 32.9 Å². The standard InChI is InChI=1S/C33H41ClN2O7S/c34-25-8-10-27-21(15-25)4-2-13-33(27)19-36(28-16-22(32(38)39)7-11-30(28)43-20-33)17-23-6-9-26(23)29(37)5-1-3-24-18-42-14-12-31(24)44(35,40)41/h1,5,7-8,10-11,15-16,23-24,26,29,31,37H,2-4,6,9,12-14,17-20H2,(H,38,39)(H2,35,40,41)/b5-1+/t23-,24+,26+,29-,31+,33-/m0/s1. The lowest BCUT2D eigenvalue weighted by Gasteiger charge is -2.45. The Hall–Kier alpha value is -2.63. The molecule has 0 amide bonds. The molecule has 2 aromatic carbocycles. The molecular weight excluding hydrogens is 604 g/mol. The van der Waals surface area contributed by atoms with Crippen LogP contribution in [0.5, 0.6) is 5.75 Å². The Morgan fingerprint density at radius 2 is 2.02 bits per heavy atom. The molecule has 6 rings (SSSR count). The van der Waals surface area contributed by atoms with E-state index in [1.165, 1.54) is 11.1 Å². The molecule has 238 valence electrons. The van der Waals surface area contributed by atoms with Crippen LogP contribution in [0.4, 0.5) is 5.69 Å². The van der Waals surface area contributed by atoms with Crippen molar-refractivity contribution in [2.75, 3.05) is 37.8 Å². The Bertz CT molecular complexity index is 1530. The minimum Gasteiger partial charge on any atom is -0.490 e. The number of nitrogens with two attached hydrogens (primary N) is 1. The van der Waals surface area contributed by atoms with Gasteiger partial charge in [-0.3, -0.25) is 0 Å². The van der Waals surface area contributed by atoms with Gasteiger partial charge in [-0.05, 0) is 98.2 Å². The molecule has 0 bridgehead atoms. The molecule has 0 aromatic heterocycles. The number of halogens is 1. The van der Waals surface area contributed by atoms with Crippen LogP contribution in [0.25, 0.3) is 0 Å². The Labute approximate surface area is 264 Å². The number of aliphatic hydroxyl groups excluding tert-OH is 1. The number of sulfonamides is 1. The summed E-state index contributed by atoms with van der Waals surface area (Å²) in [6.45, 7) is 2.53. The monoisotopic (exact) mass is 644 g/mol. The van der Waals surface area contributed by atoms with Gasteiger partial charge in [0.25, 0.3) is 0 Å². The number of ether oxygens (including phenoxy) is 2. The van der Waals surface area contributed by atoms with Crippen molar-refractivity contribution in [2.45, 2.75) is 61.7 Å². The van der Waals surface area contributed by atoms with Gasteiger partial charge in [-0.25, -0.2) is 18.4 Å². The summed E-state index contributed by atoms with van der Waals surface area (Å²) in [6.07, 6.45) is 8.57. The van der Waals surface area contributed by atoms with Crippen LogP contribution < -0.4 is 14.8 Å². The van der Waals surface area contributed by atoms with E-state index in [1.54, 1.807) is 24.3 Å². The fraction of sp³-hybridized carbons (Fsp3) is 0.545. The van der Waals surface area contributed by atoms with E-state index in [0.717, 1.165) is 42.8 Å². The van der Waals surface area contributed by atoms with Crippen LogP contribution in [0, 0.1) is 17.8 Å². The van der Waals surface area contributed by atoms with Crippen molar-refractivity contribution in [2.24, 2.45) is 22.9 Å². The van der Waals surface area contributed by atoms with Crippen LogP contribution in [0.1, 0.15) is 60.0 Å². The molecule has 6 atom stereocenters. The highest BCUT2D eigenvalue weighted by molar-refractivity contribution is 7.89. The smallest absolute Gasteiger partial charge is 0.335 e. The van der Waals surface area contributed by atoms with Gasteiger partial charge < -0.3 is 24.6 Å². The number of aryl methyl sites for hydroxylation is 1. The third-order valence-electron chi connectivity index (χ3n) is 10.3. The summed E-state index contributed by atoms with van der Waals surface area (Å²) in [7, 11) is -3.66. The maximum Gasteiger partial charge on any atom is 0.335 e. The first-order valence-electron chi connectivity index (χ1n) is 15.5. The Morgan fingerprint density at radius 1 is 1.18 bits per heavy atom. The number of nitrogens with zero attached hydrogens (tertiary/aromatic N) is 1. The Morgan fingerprint density at radius 3 is 2.77 bits per heavy atom. The zero-order valence-corrected chi connectivity index (χ0v) is 26.3. The first-order valence-corrected chi connectivity index (χ1v) is 17.5. The Balaban J connectivity index is 1.22. The van der Waals surface area contributed by atoms with E-state index in [4.69, 9.17) is 26.2 Å². The van der Waals surface area contributed by atoms with Crippen molar-refractivity contribution in [1.29, 1.82) is 0 Å².